The molecule has 212 valence electrons. The van der Waals surface area contributed by atoms with Crippen LogP contribution in [-0.4, -0.2) is 52.8 Å². The zero-order valence-electron chi connectivity index (χ0n) is 21.6. The number of nitrogens with zero attached hydrogens (tertiary/aromatic N) is 2. The van der Waals surface area contributed by atoms with Crippen molar-refractivity contribution in [2.75, 3.05) is 23.8 Å². The van der Waals surface area contributed by atoms with E-state index in [0.29, 0.717) is 29.5 Å². The molecule has 39 heavy (non-hydrogen) atoms. The molecule has 1 aromatic heterocycles. The van der Waals surface area contributed by atoms with Crippen LogP contribution in [0.3, 0.4) is 0 Å². The molecule has 2 heterocycles. The first-order valence-corrected chi connectivity index (χ1v) is 12.7. The molecule has 1 aliphatic rings. The second-order valence-corrected chi connectivity index (χ2v) is 9.00. The summed E-state index contributed by atoms with van der Waals surface area (Å²) in [5, 5.41) is 5.01. The lowest BCUT2D eigenvalue weighted by Gasteiger charge is -2.20. The number of alkyl halides is 2. The molecule has 0 bridgehead atoms. The number of ether oxygens (including phenoxy) is 3. The highest BCUT2D eigenvalue weighted by atomic mass is 19.3. The summed E-state index contributed by atoms with van der Waals surface area (Å²) < 4.78 is 45.2. The third-order valence-corrected chi connectivity index (χ3v) is 5.75. The van der Waals surface area contributed by atoms with Crippen LogP contribution in [0.2, 0.25) is 0 Å². The van der Waals surface area contributed by atoms with Crippen LogP contribution < -0.4 is 16.3 Å². The number of anilines is 2. The van der Waals surface area contributed by atoms with Gasteiger partial charge in [0, 0.05) is 31.1 Å². The standard InChI is InChI=1S/C26H32F2N4O7/c1-2-3-15-37-25(36)31-20-13-14-32(24(35)30-20)23-26(27,28)16-19(39-23)17-38-22(34)12-8-7-11-21(33)29-18-9-5-4-6-10-18/h4-6,9-10,13-14,19,23H,2-3,7-8,11-12,15-17H2,1H3,(H,29,33)(H,30,31,35,36)/t19-,23+/m0/s1. The maximum absolute atomic E-state index is 14.6. The van der Waals surface area contributed by atoms with Crippen LogP contribution >= 0.6 is 0 Å². The number of benzene rings is 1. The molecule has 2 amide bonds. The molecule has 2 aromatic rings. The number of rotatable bonds is 13. The average Bonchev–Trinajstić information content (AvgIpc) is 3.20. The molecule has 0 radical (unpaired) electrons. The molecule has 2 N–H and O–H groups in total. The summed E-state index contributed by atoms with van der Waals surface area (Å²) in [6.45, 7) is 1.71. The summed E-state index contributed by atoms with van der Waals surface area (Å²) in [4.78, 5) is 51.6. The van der Waals surface area contributed by atoms with Crippen molar-refractivity contribution in [1.29, 1.82) is 0 Å². The molecular formula is C26H32F2N4O7. The first-order chi connectivity index (χ1) is 18.7. The summed E-state index contributed by atoms with van der Waals surface area (Å²) in [6.07, 6.45) is -1.05. The summed E-state index contributed by atoms with van der Waals surface area (Å²) >= 11 is 0. The van der Waals surface area contributed by atoms with Gasteiger partial charge in [-0.25, -0.2) is 18.4 Å². The van der Waals surface area contributed by atoms with Crippen molar-refractivity contribution < 1.29 is 37.4 Å². The lowest BCUT2D eigenvalue weighted by molar-refractivity contribution is -0.150. The number of para-hydroxylation sites is 1. The topological polar surface area (TPSA) is 138 Å². The van der Waals surface area contributed by atoms with Crippen LogP contribution in [-0.2, 0) is 23.8 Å². The number of esters is 1. The fourth-order valence-electron chi connectivity index (χ4n) is 3.77. The van der Waals surface area contributed by atoms with E-state index >= 15 is 0 Å². The highest BCUT2D eigenvalue weighted by Gasteiger charge is 2.52. The van der Waals surface area contributed by atoms with Crippen molar-refractivity contribution in [3.8, 4) is 0 Å². The number of amides is 2. The quantitative estimate of drug-likeness (QED) is 0.279. The fraction of sp³-hybridized carbons (Fsp3) is 0.500. The molecule has 0 saturated carbocycles. The molecule has 13 heteroatoms. The van der Waals surface area contributed by atoms with Gasteiger partial charge in [-0.15, -0.1) is 0 Å². The van der Waals surface area contributed by atoms with Gasteiger partial charge >= 0.3 is 17.8 Å². The summed E-state index contributed by atoms with van der Waals surface area (Å²) in [5.41, 5.74) is -0.373. The highest BCUT2D eigenvalue weighted by molar-refractivity contribution is 5.90. The number of carbonyl (C=O) groups excluding carboxylic acids is 3. The Labute approximate surface area is 223 Å². The van der Waals surface area contributed by atoms with Gasteiger partial charge in [0.1, 0.15) is 18.5 Å². The Bertz CT molecular complexity index is 1180. The van der Waals surface area contributed by atoms with Gasteiger partial charge in [0.25, 0.3) is 5.92 Å². The smallest absolute Gasteiger partial charge is 0.412 e. The van der Waals surface area contributed by atoms with Gasteiger partial charge in [0.15, 0.2) is 0 Å². The second kappa shape index (κ2) is 14.3. The number of carbonyl (C=O) groups is 3. The maximum Gasteiger partial charge on any atom is 0.412 e. The molecule has 2 atom stereocenters. The van der Waals surface area contributed by atoms with E-state index < -0.39 is 49.0 Å². The summed E-state index contributed by atoms with van der Waals surface area (Å²) in [7, 11) is 0. The molecule has 1 aromatic carbocycles. The van der Waals surface area contributed by atoms with Gasteiger partial charge in [0.05, 0.1) is 6.61 Å². The molecule has 0 aliphatic carbocycles. The highest BCUT2D eigenvalue weighted by Crippen LogP contribution is 2.42. The Morgan fingerprint density at radius 1 is 1.08 bits per heavy atom. The van der Waals surface area contributed by atoms with Crippen LogP contribution in [0.25, 0.3) is 0 Å². The van der Waals surface area contributed by atoms with Gasteiger partial charge < -0.3 is 19.5 Å². The van der Waals surface area contributed by atoms with Gasteiger partial charge in [0.2, 0.25) is 12.1 Å². The van der Waals surface area contributed by atoms with Gasteiger partial charge in [-0.3, -0.25) is 19.5 Å². The van der Waals surface area contributed by atoms with Crippen molar-refractivity contribution in [1.82, 2.24) is 9.55 Å². The average molecular weight is 551 g/mol. The van der Waals surface area contributed by atoms with Crippen molar-refractivity contribution in [2.45, 2.75) is 70.1 Å². The molecule has 0 unspecified atom stereocenters. The first-order valence-electron chi connectivity index (χ1n) is 12.7. The number of unbranched alkanes of at least 4 members (excludes halogenated alkanes) is 2. The summed E-state index contributed by atoms with van der Waals surface area (Å²) in [5.74, 6) is -4.36. The number of halogens is 2. The fourth-order valence-corrected chi connectivity index (χ4v) is 3.77. The largest absolute Gasteiger partial charge is 0.463 e. The number of nitrogens with one attached hydrogen (secondary N) is 2. The zero-order valence-corrected chi connectivity index (χ0v) is 21.6. The zero-order chi connectivity index (χ0) is 28.3. The molecular weight excluding hydrogens is 518 g/mol. The molecule has 1 saturated heterocycles. The molecule has 11 nitrogen and oxygen atoms in total. The summed E-state index contributed by atoms with van der Waals surface area (Å²) in [6, 6.07) is 10.1. The number of hydrogen-bond acceptors (Lipinski definition) is 8. The van der Waals surface area contributed by atoms with Crippen molar-refractivity contribution >= 4 is 29.5 Å². The van der Waals surface area contributed by atoms with E-state index in [2.05, 4.69) is 15.6 Å². The minimum absolute atomic E-state index is 0.0177. The second-order valence-electron chi connectivity index (χ2n) is 9.00. The van der Waals surface area contributed by atoms with E-state index in [1.165, 1.54) is 6.07 Å². The van der Waals surface area contributed by atoms with Crippen LogP contribution in [0.4, 0.5) is 25.1 Å². The van der Waals surface area contributed by atoms with E-state index in [0.717, 1.165) is 12.6 Å². The molecule has 3 rings (SSSR count). The lowest BCUT2D eigenvalue weighted by atomic mass is 10.1. The van der Waals surface area contributed by atoms with E-state index in [1.807, 2.05) is 13.0 Å². The Kier molecular flexibility index (Phi) is 10.9. The van der Waals surface area contributed by atoms with Crippen molar-refractivity contribution in [3.63, 3.8) is 0 Å². The Morgan fingerprint density at radius 2 is 1.82 bits per heavy atom. The Morgan fingerprint density at radius 3 is 2.54 bits per heavy atom. The van der Waals surface area contributed by atoms with E-state index in [4.69, 9.17) is 14.2 Å². The predicted octanol–water partition coefficient (Wildman–Crippen LogP) is 4.26. The van der Waals surface area contributed by atoms with E-state index in [1.54, 1.807) is 24.3 Å². The first kappa shape index (κ1) is 29.7. The molecule has 1 fully saturated rings. The van der Waals surface area contributed by atoms with Crippen LogP contribution in [0.1, 0.15) is 58.1 Å². The minimum atomic E-state index is -3.43. The minimum Gasteiger partial charge on any atom is -0.463 e. The Balaban J connectivity index is 1.41. The number of hydrogen-bond donors (Lipinski definition) is 2. The van der Waals surface area contributed by atoms with Crippen LogP contribution in [0.5, 0.6) is 0 Å². The van der Waals surface area contributed by atoms with Gasteiger partial charge in [-0.1, -0.05) is 31.5 Å². The third-order valence-electron chi connectivity index (χ3n) is 5.75. The molecule has 1 aliphatic heterocycles. The van der Waals surface area contributed by atoms with Crippen molar-refractivity contribution in [2.24, 2.45) is 0 Å². The monoisotopic (exact) mass is 550 g/mol. The normalized spacial score (nSPS) is 17.8. The maximum atomic E-state index is 14.6. The van der Waals surface area contributed by atoms with Crippen molar-refractivity contribution in [3.05, 3.63) is 53.1 Å². The lowest BCUT2D eigenvalue weighted by Crippen LogP contribution is -2.35. The van der Waals surface area contributed by atoms with Gasteiger partial charge in [-0.2, -0.15) is 4.98 Å². The van der Waals surface area contributed by atoms with E-state index in [-0.39, 0.29) is 31.2 Å². The van der Waals surface area contributed by atoms with Crippen LogP contribution in [0.15, 0.2) is 47.4 Å². The Hall–Kier alpha value is -3.87. The van der Waals surface area contributed by atoms with E-state index in [9.17, 15) is 28.0 Å². The third kappa shape index (κ3) is 9.43. The van der Waals surface area contributed by atoms with Gasteiger partial charge in [-0.05, 0) is 37.5 Å². The SMILES string of the molecule is CCCCOC(=O)Nc1ccn([C@@H]2O[C@H](COC(=O)CCCCC(=O)Nc3ccccc3)CC2(F)F)c(=O)n1. The molecule has 0 spiro atoms. The van der Waals surface area contributed by atoms with Crippen LogP contribution in [0, 0.1) is 0 Å². The predicted molar refractivity (Wildman–Crippen MR) is 136 cm³/mol. The number of aromatic nitrogens is 2.